The Morgan fingerprint density at radius 2 is 1.66 bits per heavy atom. The summed E-state index contributed by atoms with van der Waals surface area (Å²) in [5.41, 5.74) is 4.33. The van der Waals surface area contributed by atoms with Crippen molar-refractivity contribution in [3.8, 4) is 11.3 Å². The molecule has 32 heavy (non-hydrogen) atoms. The first-order valence-electron chi connectivity index (χ1n) is 9.50. The van der Waals surface area contributed by atoms with Crippen LogP contribution in [0.25, 0.3) is 11.3 Å². The van der Waals surface area contributed by atoms with E-state index in [-0.39, 0.29) is 11.6 Å². The SMILES string of the molecule is CNc1nc(NN=Cc2ccc(-c3ccc([N+](=O)[O-])cc3)o2)nc(Nc2ccccc2)n1. The van der Waals surface area contributed by atoms with Gasteiger partial charge in [-0.05, 0) is 36.4 Å². The largest absolute Gasteiger partial charge is 0.455 e. The maximum Gasteiger partial charge on any atom is 0.269 e. The van der Waals surface area contributed by atoms with E-state index in [0.717, 1.165) is 11.3 Å². The number of rotatable bonds is 8. The summed E-state index contributed by atoms with van der Waals surface area (Å²) in [5.74, 6) is 2.01. The van der Waals surface area contributed by atoms with Crippen LogP contribution in [0.2, 0.25) is 0 Å². The van der Waals surface area contributed by atoms with Gasteiger partial charge in [-0.2, -0.15) is 20.1 Å². The summed E-state index contributed by atoms with van der Waals surface area (Å²) in [5, 5.41) is 20.9. The van der Waals surface area contributed by atoms with Gasteiger partial charge in [0.1, 0.15) is 11.5 Å². The monoisotopic (exact) mass is 430 g/mol. The van der Waals surface area contributed by atoms with Gasteiger partial charge in [-0.15, -0.1) is 0 Å². The molecule has 11 heteroatoms. The van der Waals surface area contributed by atoms with E-state index in [1.807, 2.05) is 30.3 Å². The predicted molar refractivity (Wildman–Crippen MR) is 121 cm³/mol. The number of anilines is 4. The molecule has 0 spiro atoms. The number of furan rings is 1. The number of non-ortho nitro benzene ring substituents is 1. The summed E-state index contributed by atoms with van der Waals surface area (Å²) < 4.78 is 5.72. The van der Waals surface area contributed by atoms with Crippen LogP contribution in [-0.4, -0.2) is 33.1 Å². The Hall–Kier alpha value is -4.80. The van der Waals surface area contributed by atoms with Crippen molar-refractivity contribution in [3.63, 3.8) is 0 Å². The Labute approximate surface area is 182 Å². The highest BCUT2D eigenvalue weighted by atomic mass is 16.6. The quantitative estimate of drug-likeness (QED) is 0.212. The summed E-state index contributed by atoms with van der Waals surface area (Å²) in [7, 11) is 1.71. The van der Waals surface area contributed by atoms with E-state index in [1.165, 1.54) is 18.3 Å². The van der Waals surface area contributed by atoms with Crippen LogP contribution in [-0.2, 0) is 0 Å². The standard InChI is InChI=1S/C21H18N8O3/c1-22-19-25-20(24-15-5-3-2-4-6-15)27-21(26-19)28-23-13-17-11-12-18(32-17)14-7-9-16(10-8-14)29(30)31/h2-13H,1H3,(H3,22,24,25,26,27,28). The van der Waals surface area contributed by atoms with Gasteiger partial charge < -0.3 is 15.1 Å². The van der Waals surface area contributed by atoms with Crippen LogP contribution in [0.1, 0.15) is 5.76 Å². The van der Waals surface area contributed by atoms with Crippen molar-refractivity contribution in [1.82, 2.24) is 15.0 Å². The fraction of sp³-hybridized carbons (Fsp3) is 0.0476. The molecule has 160 valence electrons. The van der Waals surface area contributed by atoms with Crippen molar-refractivity contribution < 1.29 is 9.34 Å². The zero-order valence-corrected chi connectivity index (χ0v) is 16.9. The molecule has 2 heterocycles. The lowest BCUT2D eigenvalue weighted by Crippen LogP contribution is -2.07. The minimum Gasteiger partial charge on any atom is -0.455 e. The average molecular weight is 430 g/mol. The number of nitro groups is 1. The third kappa shape index (κ3) is 5.02. The van der Waals surface area contributed by atoms with E-state index in [1.54, 1.807) is 31.3 Å². The summed E-state index contributed by atoms with van der Waals surface area (Å²) in [6.07, 6.45) is 1.47. The molecular formula is C21H18N8O3. The molecule has 11 nitrogen and oxygen atoms in total. The van der Waals surface area contributed by atoms with Crippen molar-refractivity contribution >= 4 is 35.4 Å². The maximum absolute atomic E-state index is 10.8. The van der Waals surface area contributed by atoms with Gasteiger partial charge in [0, 0.05) is 30.4 Å². The normalized spacial score (nSPS) is 10.8. The molecule has 2 aromatic heterocycles. The molecule has 2 aromatic carbocycles. The molecule has 0 radical (unpaired) electrons. The van der Waals surface area contributed by atoms with Gasteiger partial charge in [0.2, 0.25) is 17.8 Å². The summed E-state index contributed by atoms with van der Waals surface area (Å²) >= 11 is 0. The van der Waals surface area contributed by atoms with Crippen LogP contribution in [0.5, 0.6) is 0 Å². The van der Waals surface area contributed by atoms with Gasteiger partial charge >= 0.3 is 0 Å². The fourth-order valence-electron chi connectivity index (χ4n) is 2.72. The van der Waals surface area contributed by atoms with Crippen LogP contribution >= 0.6 is 0 Å². The number of para-hydroxylation sites is 1. The van der Waals surface area contributed by atoms with Crippen LogP contribution in [0.4, 0.5) is 29.2 Å². The van der Waals surface area contributed by atoms with Gasteiger partial charge in [-0.25, -0.2) is 5.43 Å². The Bertz CT molecular complexity index is 1240. The van der Waals surface area contributed by atoms with Crippen LogP contribution in [0, 0.1) is 10.1 Å². The number of hydrogen-bond acceptors (Lipinski definition) is 10. The van der Waals surface area contributed by atoms with Gasteiger partial charge in [0.05, 0.1) is 11.1 Å². The summed E-state index contributed by atoms with van der Waals surface area (Å²) in [4.78, 5) is 23.1. The molecule has 0 bridgehead atoms. The zero-order valence-electron chi connectivity index (χ0n) is 16.9. The highest BCUT2D eigenvalue weighted by Crippen LogP contribution is 2.24. The number of hydrazone groups is 1. The Morgan fingerprint density at radius 3 is 2.38 bits per heavy atom. The molecular weight excluding hydrogens is 412 g/mol. The molecule has 4 rings (SSSR count). The van der Waals surface area contributed by atoms with Crippen molar-refractivity contribution in [1.29, 1.82) is 0 Å². The fourth-order valence-corrected chi connectivity index (χ4v) is 2.72. The van der Waals surface area contributed by atoms with E-state index in [9.17, 15) is 10.1 Å². The third-order valence-electron chi connectivity index (χ3n) is 4.23. The maximum atomic E-state index is 10.8. The van der Waals surface area contributed by atoms with E-state index >= 15 is 0 Å². The average Bonchev–Trinajstić information content (AvgIpc) is 3.28. The minimum absolute atomic E-state index is 0.0192. The lowest BCUT2D eigenvalue weighted by Gasteiger charge is -2.08. The Balaban J connectivity index is 1.44. The van der Waals surface area contributed by atoms with E-state index in [0.29, 0.717) is 23.4 Å². The number of hydrogen-bond donors (Lipinski definition) is 3. The predicted octanol–water partition coefficient (Wildman–Crippen LogP) is 4.27. The van der Waals surface area contributed by atoms with Gasteiger partial charge in [0.15, 0.2) is 0 Å². The van der Waals surface area contributed by atoms with Crippen molar-refractivity contribution in [2.75, 3.05) is 23.1 Å². The highest BCUT2D eigenvalue weighted by Gasteiger charge is 2.08. The summed E-state index contributed by atoms with van der Waals surface area (Å²) in [6.45, 7) is 0. The minimum atomic E-state index is -0.447. The van der Waals surface area contributed by atoms with Crippen molar-refractivity contribution in [2.24, 2.45) is 5.10 Å². The zero-order chi connectivity index (χ0) is 22.3. The molecule has 0 aliphatic rings. The van der Waals surface area contributed by atoms with Crippen molar-refractivity contribution in [3.05, 3.63) is 82.6 Å². The number of nitro benzene ring substituents is 1. The second-order valence-corrected chi connectivity index (χ2v) is 6.42. The van der Waals surface area contributed by atoms with Crippen LogP contribution < -0.4 is 16.1 Å². The Morgan fingerprint density at radius 1 is 0.938 bits per heavy atom. The molecule has 0 atom stereocenters. The second-order valence-electron chi connectivity index (χ2n) is 6.42. The van der Waals surface area contributed by atoms with Gasteiger partial charge in [-0.1, -0.05) is 18.2 Å². The third-order valence-corrected chi connectivity index (χ3v) is 4.23. The van der Waals surface area contributed by atoms with Gasteiger partial charge in [0.25, 0.3) is 5.69 Å². The first kappa shape index (κ1) is 20.5. The lowest BCUT2D eigenvalue weighted by atomic mass is 10.1. The lowest BCUT2D eigenvalue weighted by molar-refractivity contribution is -0.384. The first-order chi connectivity index (χ1) is 15.6. The Kier molecular flexibility index (Phi) is 5.98. The molecule has 0 saturated carbocycles. The van der Waals surface area contributed by atoms with Crippen LogP contribution in [0.3, 0.4) is 0 Å². The molecule has 0 unspecified atom stereocenters. The van der Waals surface area contributed by atoms with E-state index < -0.39 is 4.92 Å². The first-order valence-corrected chi connectivity index (χ1v) is 9.50. The molecule has 0 fully saturated rings. The second kappa shape index (κ2) is 9.34. The molecule has 0 aliphatic heterocycles. The van der Waals surface area contributed by atoms with Crippen LogP contribution in [0.15, 0.2) is 76.2 Å². The summed E-state index contributed by atoms with van der Waals surface area (Å²) in [6, 6.07) is 19.1. The molecule has 3 N–H and O–H groups in total. The van der Waals surface area contributed by atoms with E-state index in [2.05, 4.69) is 36.1 Å². The number of aromatic nitrogens is 3. The molecule has 0 saturated heterocycles. The number of benzene rings is 2. The highest BCUT2D eigenvalue weighted by molar-refractivity contribution is 5.78. The van der Waals surface area contributed by atoms with E-state index in [4.69, 9.17) is 4.42 Å². The van der Waals surface area contributed by atoms with Crippen molar-refractivity contribution in [2.45, 2.75) is 0 Å². The molecule has 4 aromatic rings. The molecule has 0 aliphatic carbocycles. The smallest absolute Gasteiger partial charge is 0.269 e. The molecule has 0 amide bonds. The topological polar surface area (TPSA) is 143 Å². The number of nitrogens with one attached hydrogen (secondary N) is 3. The van der Waals surface area contributed by atoms with Gasteiger partial charge in [-0.3, -0.25) is 10.1 Å². The number of nitrogens with zero attached hydrogens (tertiary/aromatic N) is 5.